The molecular formula is C30H34F3N5O5. The van der Waals surface area contributed by atoms with Gasteiger partial charge in [-0.1, -0.05) is 6.92 Å². The molecule has 43 heavy (non-hydrogen) atoms. The fourth-order valence-corrected chi connectivity index (χ4v) is 5.11. The molecular weight excluding hydrogens is 567 g/mol. The van der Waals surface area contributed by atoms with Crippen LogP contribution >= 0.6 is 0 Å². The van der Waals surface area contributed by atoms with Gasteiger partial charge in [0, 0.05) is 38.2 Å². The molecule has 1 atom stereocenters. The number of amides is 1. The van der Waals surface area contributed by atoms with E-state index in [1.165, 1.54) is 42.7 Å². The number of hydrogen-bond acceptors (Lipinski definition) is 8. The largest absolute Gasteiger partial charge is 0.478 e. The third kappa shape index (κ3) is 7.98. The lowest BCUT2D eigenvalue weighted by atomic mass is 9.82. The van der Waals surface area contributed by atoms with Crippen LogP contribution in [-0.2, 0) is 22.3 Å². The van der Waals surface area contributed by atoms with Crippen molar-refractivity contribution < 1.29 is 37.3 Å². The lowest BCUT2D eigenvalue weighted by molar-refractivity contribution is -0.139. The van der Waals surface area contributed by atoms with Crippen molar-refractivity contribution in [1.29, 1.82) is 0 Å². The molecule has 0 bridgehead atoms. The molecule has 2 aromatic heterocycles. The molecule has 0 spiro atoms. The predicted octanol–water partition coefficient (Wildman–Crippen LogP) is 6.19. The van der Waals surface area contributed by atoms with E-state index in [4.69, 9.17) is 9.47 Å². The zero-order valence-electron chi connectivity index (χ0n) is 24.1. The molecule has 1 fully saturated rings. The maximum atomic E-state index is 14.0. The van der Waals surface area contributed by atoms with Gasteiger partial charge in [-0.2, -0.15) is 13.2 Å². The summed E-state index contributed by atoms with van der Waals surface area (Å²) in [5.41, 5.74) is -1.12. The third-order valence-corrected chi connectivity index (χ3v) is 7.35. The van der Waals surface area contributed by atoms with E-state index in [1.54, 1.807) is 13.0 Å². The lowest BCUT2D eigenvalue weighted by Crippen LogP contribution is -2.46. The van der Waals surface area contributed by atoms with Gasteiger partial charge in [0.2, 0.25) is 17.7 Å². The van der Waals surface area contributed by atoms with Crippen molar-refractivity contribution in [3.8, 4) is 11.6 Å². The summed E-state index contributed by atoms with van der Waals surface area (Å²) in [7, 11) is 1.48. The van der Waals surface area contributed by atoms with Crippen LogP contribution in [0.25, 0.3) is 0 Å². The minimum Gasteiger partial charge on any atom is -0.478 e. The number of halogens is 3. The molecule has 1 amide bonds. The van der Waals surface area contributed by atoms with Gasteiger partial charge in [-0.3, -0.25) is 4.79 Å². The number of rotatable bonds is 11. The number of aromatic nitrogens is 3. The minimum atomic E-state index is -4.81. The molecule has 0 aliphatic heterocycles. The molecule has 1 aliphatic rings. The quantitative estimate of drug-likeness (QED) is 0.265. The van der Waals surface area contributed by atoms with E-state index in [0.717, 1.165) is 25.0 Å². The number of aromatic carboxylic acids is 1. The Bertz CT molecular complexity index is 1420. The number of carboxylic acid groups (broad SMARTS) is 1. The van der Waals surface area contributed by atoms with Gasteiger partial charge in [-0.05, 0) is 74.4 Å². The van der Waals surface area contributed by atoms with Crippen LogP contribution in [0.2, 0.25) is 0 Å². The van der Waals surface area contributed by atoms with Gasteiger partial charge in [-0.25, -0.2) is 19.7 Å². The van der Waals surface area contributed by atoms with Gasteiger partial charge in [-0.15, -0.1) is 0 Å². The van der Waals surface area contributed by atoms with Crippen molar-refractivity contribution in [3.63, 3.8) is 0 Å². The van der Waals surface area contributed by atoms with Gasteiger partial charge in [0.25, 0.3) is 0 Å². The van der Waals surface area contributed by atoms with E-state index in [-0.39, 0.29) is 53.5 Å². The monoisotopic (exact) mass is 601 g/mol. The number of nitrogens with one attached hydrogen (secondary N) is 1. The molecule has 13 heteroatoms. The van der Waals surface area contributed by atoms with Crippen LogP contribution in [0, 0.1) is 11.8 Å². The lowest BCUT2D eigenvalue weighted by Gasteiger charge is -2.35. The third-order valence-electron chi connectivity index (χ3n) is 7.35. The second-order valence-corrected chi connectivity index (χ2v) is 10.7. The van der Waals surface area contributed by atoms with Gasteiger partial charge < -0.3 is 24.8 Å². The van der Waals surface area contributed by atoms with Crippen molar-refractivity contribution >= 4 is 23.5 Å². The number of alkyl halides is 3. The summed E-state index contributed by atoms with van der Waals surface area (Å²) < 4.78 is 52.8. The number of carbonyl (C=O) groups excluding carboxylic acids is 1. The number of nitrogens with zero attached hydrogens (tertiary/aromatic N) is 4. The Morgan fingerprint density at radius 3 is 2.44 bits per heavy atom. The topological polar surface area (TPSA) is 127 Å². The Balaban J connectivity index is 1.63. The Labute approximate surface area is 247 Å². The first-order chi connectivity index (χ1) is 20.5. The molecule has 4 rings (SSSR count). The summed E-state index contributed by atoms with van der Waals surface area (Å²) in [4.78, 5) is 39.3. The summed E-state index contributed by atoms with van der Waals surface area (Å²) in [6.45, 7) is 4.02. The number of ether oxygens (including phenoxy) is 2. The van der Waals surface area contributed by atoms with Gasteiger partial charge >= 0.3 is 12.1 Å². The molecule has 0 unspecified atom stereocenters. The molecule has 0 radical (unpaired) electrons. The maximum absolute atomic E-state index is 14.0. The van der Waals surface area contributed by atoms with Crippen molar-refractivity contribution in [2.75, 3.05) is 23.9 Å². The molecule has 1 saturated carbocycles. The van der Waals surface area contributed by atoms with E-state index in [2.05, 4.69) is 27.2 Å². The minimum absolute atomic E-state index is 0.0261. The van der Waals surface area contributed by atoms with Crippen LogP contribution < -0.4 is 15.0 Å². The standard InChI is InChI=1S/C30H34F3N5O5/c1-18-5-7-21(8-6-18)27(39)38(19(2)17-42-3)25-10-9-22(14-23(25)28(40)41)43-26-24(30(31,32)33)13-20(15-36-26)16-37-29-34-11-4-12-35-29/h4,9-15,18-19,21H,5-8,16-17H2,1-3H3,(H,40,41)(H,34,35,37)/t18?,19-,21?/m0/s1. The summed E-state index contributed by atoms with van der Waals surface area (Å²) >= 11 is 0. The molecule has 2 N–H and O–H groups in total. The summed E-state index contributed by atoms with van der Waals surface area (Å²) in [6.07, 6.45) is 2.55. The van der Waals surface area contributed by atoms with Crippen LogP contribution in [-0.4, -0.2) is 51.7 Å². The number of anilines is 2. The SMILES string of the molecule is COC[C@H](C)N(C(=O)C1CCC(C)CC1)c1ccc(Oc2ncc(CNc3ncccn3)cc2C(F)(F)F)cc1C(=O)O. The zero-order valence-corrected chi connectivity index (χ0v) is 24.1. The maximum Gasteiger partial charge on any atom is 0.421 e. The second kappa shape index (κ2) is 13.8. The van der Waals surface area contributed by atoms with E-state index >= 15 is 0 Å². The summed E-state index contributed by atoms with van der Waals surface area (Å²) in [6, 6.07) is 5.81. The first-order valence-corrected chi connectivity index (χ1v) is 13.9. The number of pyridine rings is 1. The zero-order chi connectivity index (χ0) is 31.1. The van der Waals surface area contributed by atoms with Gasteiger partial charge in [0.1, 0.15) is 11.3 Å². The van der Waals surface area contributed by atoms with Crippen LogP contribution in [0.5, 0.6) is 11.6 Å². The average Bonchev–Trinajstić information content (AvgIpc) is 2.97. The van der Waals surface area contributed by atoms with E-state index in [1.807, 2.05) is 0 Å². The molecule has 230 valence electrons. The molecule has 2 heterocycles. The highest BCUT2D eigenvalue weighted by atomic mass is 19.4. The average molecular weight is 602 g/mol. The van der Waals surface area contributed by atoms with Crippen molar-refractivity contribution in [3.05, 3.63) is 65.6 Å². The number of carbonyl (C=O) groups is 2. The Morgan fingerprint density at radius 2 is 1.81 bits per heavy atom. The van der Waals surface area contributed by atoms with Gasteiger partial charge in [0.15, 0.2) is 0 Å². The van der Waals surface area contributed by atoms with Crippen LogP contribution in [0.1, 0.15) is 61.0 Å². The molecule has 10 nitrogen and oxygen atoms in total. The number of hydrogen-bond donors (Lipinski definition) is 2. The van der Waals surface area contributed by atoms with Crippen LogP contribution in [0.3, 0.4) is 0 Å². The number of benzene rings is 1. The van der Waals surface area contributed by atoms with Gasteiger partial charge in [0.05, 0.1) is 23.9 Å². The van der Waals surface area contributed by atoms with Crippen molar-refractivity contribution in [2.24, 2.45) is 11.8 Å². The molecule has 1 aromatic carbocycles. The number of methoxy groups -OCH3 is 1. The smallest absolute Gasteiger partial charge is 0.421 e. The second-order valence-electron chi connectivity index (χ2n) is 10.7. The highest BCUT2D eigenvalue weighted by molar-refractivity contribution is 6.03. The highest BCUT2D eigenvalue weighted by Gasteiger charge is 2.37. The molecule has 0 saturated heterocycles. The van der Waals surface area contributed by atoms with Crippen molar-refractivity contribution in [1.82, 2.24) is 15.0 Å². The Hall–Kier alpha value is -4.26. The predicted molar refractivity (Wildman–Crippen MR) is 152 cm³/mol. The fourth-order valence-electron chi connectivity index (χ4n) is 5.11. The summed E-state index contributed by atoms with van der Waals surface area (Å²) in [5.74, 6) is -2.02. The molecule has 3 aromatic rings. The summed E-state index contributed by atoms with van der Waals surface area (Å²) in [5, 5.41) is 12.9. The van der Waals surface area contributed by atoms with Crippen LogP contribution in [0.15, 0.2) is 48.9 Å². The first kappa shape index (κ1) is 31.7. The van der Waals surface area contributed by atoms with E-state index < -0.39 is 29.6 Å². The van der Waals surface area contributed by atoms with Crippen LogP contribution in [0.4, 0.5) is 24.8 Å². The number of carboxylic acids is 1. The van der Waals surface area contributed by atoms with E-state index in [9.17, 15) is 27.9 Å². The first-order valence-electron chi connectivity index (χ1n) is 13.9. The van der Waals surface area contributed by atoms with Crippen molar-refractivity contribution in [2.45, 2.75) is 58.3 Å². The highest BCUT2D eigenvalue weighted by Crippen LogP contribution is 2.39. The van der Waals surface area contributed by atoms with E-state index in [0.29, 0.717) is 18.8 Å². The Kier molecular flexibility index (Phi) is 10.2. The Morgan fingerprint density at radius 1 is 1.12 bits per heavy atom. The normalized spacial score (nSPS) is 17.6. The molecule has 1 aliphatic carbocycles. The fraction of sp³-hybridized carbons (Fsp3) is 0.433.